The topological polar surface area (TPSA) is 55.5 Å². The van der Waals surface area contributed by atoms with E-state index in [0.717, 1.165) is 16.9 Å². The molecule has 0 aromatic heterocycles. The Balaban J connectivity index is 2.09. The molecule has 1 unspecified atom stereocenters. The van der Waals surface area contributed by atoms with Gasteiger partial charge in [-0.15, -0.1) is 0 Å². The van der Waals surface area contributed by atoms with Crippen molar-refractivity contribution in [3.63, 3.8) is 0 Å². The van der Waals surface area contributed by atoms with Gasteiger partial charge in [0.1, 0.15) is 11.9 Å². The molecule has 0 spiro atoms. The van der Waals surface area contributed by atoms with Gasteiger partial charge in [-0.3, -0.25) is 0 Å². The highest BCUT2D eigenvalue weighted by Gasteiger charge is 2.11. The maximum Gasteiger partial charge on any atom is 0.136 e. The standard InChI is InChI=1S/C17H21NO2/c1-13-3-2-4-15(11-13)17(12-18)20-16-7-5-14(6-8-16)9-10-19/h2-8,11,17,19H,9-10,12,18H2,1H3. The van der Waals surface area contributed by atoms with Gasteiger partial charge in [0, 0.05) is 13.2 Å². The second kappa shape index (κ2) is 7.08. The molecule has 0 aliphatic rings. The Kier molecular flexibility index (Phi) is 5.16. The lowest BCUT2D eigenvalue weighted by Gasteiger charge is -2.18. The van der Waals surface area contributed by atoms with Crippen LogP contribution in [0, 0.1) is 6.92 Å². The zero-order valence-electron chi connectivity index (χ0n) is 11.8. The van der Waals surface area contributed by atoms with E-state index < -0.39 is 0 Å². The number of nitrogens with two attached hydrogens (primary N) is 1. The maximum absolute atomic E-state index is 8.90. The fourth-order valence-electron chi connectivity index (χ4n) is 2.15. The van der Waals surface area contributed by atoms with Crippen molar-refractivity contribution in [2.24, 2.45) is 5.73 Å². The Morgan fingerprint density at radius 2 is 1.90 bits per heavy atom. The summed E-state index contributed by atoms with van der Waals surface area (Å²) in [7, 11) is 0. The van der Waals surface area contributed by atoms with Gasteiger partial charge in [0.05, 0.1) is 0 Å². The van der Waals surface area contributed by atoms with Crippen LogP contribution in [0.1, 0.15) is 22.8 Å². The molecule has 20 heavy (non-hydrogen) atoms. The molecule has 0 radical (unpaired) electrons. The first kappa shape index (κ1) is 14.6. The Labute approximate surface area is 120 Å². The van der Waals surface area contributed by atoms with E-state index in [1.165, 1.54) is 5.56 Å². The summed E-state index contributed by atoms with van der Waals surface area (Å²) < 4.78 is 5.95. The lowest BCUT2D eigenvalue weighted by molar-refractivity contribution is 0.214. The van der Waals surface area contributed by atoms with Gasteiger partial charge in [-0.2, -0.15) is 0 Å². The van der Waals surface area contributed by atoms with Gasteiger partial charge in [0.25, 0.3) is 0 Å². The number of rotatable bonds is 6. The monoisotopic (exact) mass is 271 g/mol. The van der Waals surface area contributed by atoms with Crippen LogP contribution >= 0.6 is 0 Å². The zero-order chi connectivity index (χ0) is 14.4. The van der Waals surface area contributed by atoms with Crippen molar-refractivity contribution in [1.82, 2.24) is 0 Å². The van der Waals surface area contributed by atoms with Crippen LogP contribution in [0.5, 0.6) is 5.75 Å². The van der Waals surface area contributed by atoms with Crippen LogP contribution in [0.2, 0.25) is 0 Å². The fraction of sp³-hybridized carbons (Fsp3) is 0.294. The SMILES string of the molecule is Cc1cccc(C(CN)Oc2ccc(CCO)cc2)c1. The van der Waals surface area contributed by atoms with E-state index in [-0.39, 0.29) is 12.7 Å². The molecule has 0 fully saturated rings. The molecule has 2 rings (SSSR count). The first-order chi connectivity index (χ1) is 9.72. The van der Waals surface area contributed by atoms with E-state index in [0.29, 0.717) is 13.0 Å². The molecule has 3 N–H and O–H groups in total. The maximum atomic E-state index is 8.90. The highest BCUT2D eigenvalue weighted by molar-refractivity contribution is 5.30. The van der Waals surface area contributed by atoms with Crippen LogP contribution < -0.4 is 10.5 Å². The summed E-state index contributed by atoms with van der Waals surface area (Å²) in [4.78, 5) is 0. The van der Waals surface area contributed by atoms with E-state index in [4.69, 9.17) is 15.6 Å². The molecule has 0 heterocycles. The highest BCUT2D eigenvalue weighted by Crippen LogP contribution is 2.22. The summed E-state index contributed by atoms with van der Waals surface area (Å²) in [6.07, 6.45) is 0.525. The van der Waals surface area contributed by atoms with Crippen molar-refractivity contribution in [3.05, 3.63) is 65.2 Å². The molecule has 0 saturated carbocycles. The normalized spacial score (nSPS) is 12.2. The zero-order valence-corrected chi connectivity index (χ0v) is 11.8. The van der Waals surface area contributed by atoms with Gasteiger partial charge < -0.3 is 15.6 Å². The van der Waals surface area contributed by atoms with Gasteiger partial charge in [0.2, 0.25) is 0 Å². The van der Waals surface area contributed by atoms with Gasteiger partial charge >= 0.3 is 0 Å². The van der Waals surface area contributed by atoms with E-state index in [1.807, 2.05) is 36.4 Å². The summed E-state index contributed by atoms with van der Waals surface area (Å²) in [5.41, 5.74) is 9.21. The van der Waals surface area contributed by atoms with Crippen molar-refractivity contribution in [3.8, 4) is 5.75 Å². The molecule has 2 aromatic rings. The van der Waals surface area contributed by atoms with E-state index in [9.17, 15) is 0 Å². The molecular formula is C17H21NO2. The van der Waals surface area contributed by atoms with Crippen molar-refractivity contribution < 1.29 is 9.84 Å². The number of benzene rings is 2. The molecule has 3 nitrogen and oxygen atoms in total. The third kappa shape index (κ3) is 3.83. The van der Waals surface area contributed by atoms with Crippen LogP contribution in [0.15, 0.2) is 48.5 Å². The van der Waals surface area contributed by atoms with Gasteiger partial charge in [-0.05, 0) is 36.6 Å². The lowest BCUT2D eigenvalue weighted by Crippen LogP contribution is -2.18. The van der Waals surface area contributed by atoms with Crippen molar-refractivity contribution in [1.29, 1.82) is 0 Å². The van der Waals surface area contributed by atoms with E-state index in [2.05, 4.69) is 19.1 Å². The summed E-state index contributed by atoms with van der Waals surface area (Å²) in [5.74, 6) is 0.795. The number of aryl methyl sites for hydroxylation is 1. The predicted octanol–water partition coefficient (Wildman–Crippen LogP) is 2.61. The molecular weight excluding hydrogens is 250 g/mol. The van der Waals surface area contributed by atoms with Gasteiger partial charge in [-0.1, -0.05) is 42.0 Å². The van der Waals surface area contributed by atoms with E-state index >= 15 is 0 Å². The van der Waals surface area contributed by atoms with Crippen molar-refractivity contribution in [2.75, 3.05) is 13.2 Å². The number of hydrogen-bond acceptors (Lipinski definition) is 3. The van der Waals surface area contributed by atoms with Crippen LogP contribution in [-0.4, -0.2) is 18.3 Å². The van der Waals surface area contributed by atoms with Crippen molar-refractivity contribution >= 4 is 0 Å². The minimum atomic E-state index is -0.140. The molecule has 2 aromatic carbocycles. The van der Waals surface area contributed by atoms with Crippen LogP contribution in [0.4, 0.5) is 0 Å². The molecule has 0 saturated heterocycles. The molecule has 0 bridgehead atoms. The van der Waals surface area contributed by atoms with Gasteiger partial charge in [0.15, 0.2) is 0 Å². The van der Waals surface area contributed by atoms with Crippen LogP contribution in [0.3, 0.4) is 0 Å². The first-order valence-corrected chi connectivity index (χ1v) is 6.86. The Morgan fingerprint density at radius 3 is 2.50 bits per heavy atom. The minimum Gasteiger partial charge on any atom is -0.484 e. The molecule has 106 valence electrons. The summed E-state index contributed by atoms with van der Waals surface area (Å²) in [6, 6.07) is 16.0. The smallest absolute Gasteiger partial charge is 0.136 e. The molecule has 0 aliphatic heterocycles. The molecule has 3 heteroatoms. The van der Waals surface area contributed by atoms with Crippen LogP contribution in [-0.2, 0) is 6.42 Å². The van der Waals surface area contributed by atoms with E-state index in [1.54, 1.807) is 0 Å². The summed E-state index contributed by atoms with van der Waals surface area (Å²) >= 11 is 0. The average molecular weight is 271 g/mol. The predicted molar refractivity (Wildman–Crippen MR) is 80.8 cm³/mol. The summed E-state index contributed by atoms with van der Waals surface area (Å²) in [5, 5.41) is 8.90. The van der Waals surface area contributed by atoms with Crippen molar-refractivity contribution in [2.45, 2.75) is 19.4 Å². The minimum absolute atomic E-state index is 0.140. The third-order valence-electron chi connectivity index (χ3n) is 3.23. The number of aliphatic hydroxyl groups is 1. The molecule has 0 aliphatic carbocycles. The second-order valence-corrected chi connectivity index (χ2v) is 4.87. The number of ether oxygens (including phenoxy) is 1. The van der Waals surface area contributed by atoms with Crippen LogP contribution in [0.25, 0.3) is 0 Å². The third-order valence-corrected chi connectivity index (χ3v) is 3.23. The Bertz CT molecular complexity index is 537. The molecule has 1 atom stereocenters. The average Bonchev–Trinajstić information content (AvgIpc) is 2.47. The highest BCUT2D eigenvalue weighted by atomic mass is 16.5. The van der Waals surface area contributed by atoms with Gasteiger partial charge in [-0.25, -0.2) is 0 Å². The number of aliphatic hydroxyl groups excluding tert-OH is 1. The molecule has 0 amide bonds. The summed E-state index contributed by atoms with van der Waals surface area (Å²) in [6.45, 7) is 2.65. The fourth-order valence-corrected chi connectivity index (χ4v) is 2.15. The lowest BCUT2D eigenvalue weighted by atomic mass is 10.1. The Hall–Kier alpha value is -1.84. The number of hydrogen-bond donors (Lipinski definition) is 2. The quantitative estimate of drug-likeness (QED) is 0.849. The first-order valence-electron chi connectivity index (χ1n) is 6.86. The largest absolute Gasteiger partial charge is 0.484 e. The second-order valence-electron chi connectivity index (χ2n) is 4.87. The Morgan fingerprint density at radius 1 is 1.15 bits per heavy atom.